The molecule has 4 rings (SSSR count). The van der Waals surface area contributed by atoms with Crippen molar-refractivity contribution in [1.29, 1.82) is 0 Å². The van der Waals surface area contributed by atoms with Crippen LogP contribution in [-0.4, -0.2) is 49.0 Å². The summed E-state index contributed by atoms with van der Waals surface area (Å²) >= 11 is -1.86. The van der Waals surface area contributed by atoms with Crippen molar-refractivity contribution in [2.45, 2.75) is 62.4 Å². The molecule has 44 heavy (non-hydrogen) atoms. The summed E-state index contributed by atoms with van der Waals surface area (Å²) in [6.07, 6.45) is 4.55. The molecule has 0 saturated carbocycles. The first kappa shape index (κ1) is 33.1. The van der Waals surface area contributed by atoms with E-state index in [9.17, 15) is 38.8 Å². The van der Waals surface area contributed by atoms with E-state index in [-0.39, 0.29) is 58.2 Å². The fourth-order valence-corrected chi connectivity index (χ4v) is 7.91. The number of benzene rings is 3. The lowest BCUT2D eigenvalue weighted by Crippen LogP contribution is -2.20. The number of ether oxygens (including phenoxy) is 1. The molecule has 0 saturated heterocycles. The Bertz CT molecular complexity index is 1610. The Morgan fingerprint density at radius 3 is 2.30 bits per heavy atom. The second-order valence-corrected chi connectivity index (χ2v) is 13.2. The molecule has 0 aliphatic heterocycles. The van der Waals surface area contributed by atoms with Crippen LogP contribution in [0.25, 0.3) is 0 Å². The molecule has 0 bridgehead atoms. The minimum Gasteiger partial charge on any atom is -0.508 e. The largest absolute Gasteiger partial charge is 0.508 e. The number of aromatic hydroxyl groups is 5. The van der Waals surface area contributed by atoms with E-state index in [0.717, 1.165) is 11.1 Å². The number of alkyl halides is 1. The normalized spacial score (nSPS) is 17.0. The maximum atomic E-state index is 13.1. The van der Waals surface area contributed by atoms with Gasteiger partial charge in [-0.15, -0.1) is 0 Å². The summed E-state index contributed by atoms with van der Waals surface area (Å²) in [5, 5.41) is 73.2. The number of aliphatic hydroxyl groups is 2. The molecule has 0 radical (unpaired) electrons. The number of aryl methyl sites for hydroxylation is 1. The smallest absolute Gasteiger partial charge is 0.157 e. The van der Waals surface area contributed by atoms with Gasteiger partial charge in [0.25, 0.3) is 0 Å². The van der Waals surface area contributed by atoms with Crippen molar-refractivity contribution in [3.05, 3.63) is 93.3 Å². The zero-order chi connectivity index (χ0) is 32.3. The highest BCUT2D eigenvalue weighted by Crippen LogP contribution is 2.50. The van der Waals surface area contributed by atoms with Crippen LogP contribution in [-0.2, 0) is 15.9 Å². The van der Waals surface area contributed by atoms with Crippen LogP contribution in [0.4, 0.5) is 0 Å². The second-order valence-electron chi connectivity index (χ2n) is 11.4. The Morgan fingerprint density at radius 1 is 0.932 bits per heavy atom. The highest BCUT2D eigenvalue weighted by molar-refractivity contribution is 14.1. The molecule has 236 valence electrons. The minimum atomic E-state index is -1.86. The molecule has 1 aliphatic rings. The number of phenols is 5. The van der Waals surface area contributed by atoms with Gasteiger partial charge in [0.15, 0.2) is 32.7 Å². The van der Waals surface area contributed by atoms with Crippen molar-refractivity contribution in [3.8, 4) is 34.5 Å². The summed E-state index contributed by atoms with van der Waals surface area (Å²) in [6.45, 7) is 5.44. The van der Waals surface area contributed by atoms with E-state index < -0.39 is 37.1 Å². The number of phenolic OH excluding ortho intramolecular Hbond substituents is 5. The number of allylic oxidation sites excluding steroid dienone is 3. The van der Waals surface area contributed by atoms with Gasteiger partial charge in [-0.3, -0.25) is 3.07 Å². The lowest BCUT2D eigenvalue weighted by Gasteiger charge is -2.26. The molecule has 0 aromatic heterocycles. The lowest BCUT2D eigenvalue weighted by atomic mass is 9.83. The summed E-state index contributed by atoms with van der Waals surface area (Å²) in [4.78, 5) is 0. The maximum absolute atomic E-state index is 13.1. The molecule has 3 aromatic carbocycles. The molecule has 3 aromatic rings. The van der Waals surface area contributed by atoms with Crippen molar-refractivity contribution >= 4 is 21.2 Å². The molecule has 4 atom stereocenters. The third-order valence-electron chi connectivity index (χ3n) is 8.58. The summed E-state index contributed by atoms with van der Waals surface area (Å²) in [5.74, 6) is -0.964. The van der Waals surface area contributed by atoms with Gasteiger partial charge in [-0.1, -0.05) is 19.1 Å². The van der Waals surface area contributed by atoms with Gasteiger partial charge >= 0.3 is 0 Å². The molecule has 7 N–H and O–H groups in total. The third kappa shape index (κ3) is 6.96. The van der Waals surface area contributed by atoms with Crippen molar-refractivity contribution in [2.75, 3.05) is 7.11 Å². The van der Waals surface area contributed by atoms with Crippen molar-refractivity contribution in [3.63, 3.8) is 0 Å². The molecule has 1 aliphatic carbocycles. The highest BCUT2D eigenvalue weighted by atomic mass is 127. The Kier molecular flexibility index (Phi) is 10.5. The molecule has 10 heteroatoms. The van der Waals surface area contributed by atoms with Gasteiger partial charge in [0.2, 0.25) is 0 Å². The average Bonchev–Trinajstić information content (AvgIpc) is 2.98. The van der Waals surface area contributed by atoms with E-state index in [2.05, 4.69) is 0 Å². The van der Waals surface area contributed by atoms with Crippen LogP contribution in [0.15, 0.2) is 59.9 Å². The fourth-order valence-electron chi connectivity index (χ4n) is 5.90. The Hall–Kier alpha value is -3.77. The summed E-state index contributed by atoms with van der Waals surface area (Å²) < 4.78 is 17.8. The quantitative estimate of drug-likeness (QED) is 0.0628. The average molecular weight is 719 g/mol. The zero-order valence-corrected chi connectivity index (χ0v) is 27.2. The Morgan fingerprint density at radius 2 is 1.66 bits per heavy atom. The first-order valence-electron chi connectivity index (χ1n) is 14.3. The van der Waals surface area contributed by atoms with E-state index in [4.69, 9.17) is 4.74 Å². The molecular formula is C34H39IO9. The van der Waals surface area contributed by atoms with E-state index >= 15 is 0 Å². The molecular weight excluding hydrogens is 679 g/mol. The van der Waals surface area contributed by atoms with Gasteiger partial charge in [-0.05, 0) is 96.7 Å². The van der Waals surface area contributed by atoms with Gasteiger partial charge in [0, 0.05) is 24.5 Å². The van der Waals surface area contributed by atoms with Crippen molar-refractivity contribution in [2.24, 2.45) is 5.92 Å². The summed E-state index contributed by atoms with van der Waals surface area (Å²) in [5.41, 5.74) is 4.20. The lowest BCUT2D eigenvalue weighted by molar-refractivity contribution is 0.148. The highest BCUT2D eigenvalue weighted by Gasteiger charge is 2.31. The molecule has 1 unspecified atom stereocenters. The molecule has 0 spiro atoms. The zero-order valence-electron chi connectivity index (χ0n) is 25.1. The van der Waals surface area contributed by atoms with Gasteiger partial charge in [-0.25, -0.2) is 0 Å². The standard InChI is InChI=1S/C34H39IO9/c1-17-11-20(6-9-25(17)37)5-7-22-13-28(40)24(16-27(39)18(2)21-8-10-26(38)29(41)12-21)19(3)32(22)34(35-43)33-30(42)14-23(36)15-31(33)44-4/h6,8-10,12-15,18,20,27,34,36-42H,5,7,11,16H2,1-4H3/t18-,20?,27-,34+/m1/s1. The first-order chi connectivity index (χ1) is 20.9. The molecule has 0 heterocycles. The predicted octanol–water partition coefficient (Wildman–Crippen LogP) is 6.99. The van der Waals surface area contributed by atoms with Crippen LogP contribution >= 0.6 is 21.2 Å². The van der Waals surface area contributed by atoms with E-state index in [1.165, 1.54) is 31.4 Å². The molecule has 9 nitrogen and oxygen atoms in total. The van der Waals surface area contributed by atoms with Crippen LogP contribution in [0, 0.1) is 12.8 Å². The van der Waals surface area contributed by atoms with Gasteiger partial charge in [0.1, 0.15) is 32.7 Å². The number of aliphatic hydroxyl groups excluding tert-OH is 2. The number of halogens is 1. The minimum absolute atomic E-state index is 0.0290. The van der Waals surface area contributed by atoms with Crippen LogP contribution in [0.5, 0.6) is 34.5 Å². The SMILES string of the molecule is COc1cc(O)cc(O)c1[C@@H](I=O)c1c(CCC2C=CC(O)=C(C)C2)cc(O)c(C[C@@H](O)[C@H](C)c2ccc(O)c(O)c2)c1C. The summed E-state index contributed by atoms with van der Waals surface area (Å²) in [7, 11) is 1.40. The second kappa shape index (κ2) is 13.9. The Labute approximate surface area is 267 Å². The number of hydrogen-bond donors (Lipinski definition) is 7. The summed E-state index contributed by atoms with van der Waals surface area (Å²) in [6, 6.07) is 8.50. The van der Waals surface area contributed by atoms with Crippen LogP contribution in [0.1, 0.15) is 69.9 Å². The Balaban J connectivity index is 1.79. The van der Waals surface area contributed by atoms with E-state index in [1.54, 1.807) is 32.1 Å². The molecule has 0 fully saturated rings. The predicted molar refractivity (Wildman–Crippen MR) is 175 cm³/mol. The van der Waals surface area contributed by atoms with Crippen molar-refractivity contribution < 1.29 is 43.6 Å². The van der Waals surface area contributed by atoms with Crippen LogP contribution in [0.3, 0.4) is 0 Å². The van der Waals surface area contributed by atoms with Crippen molar-refractivity contribution in [1.82, 2.24) is 0 Å². The fraction of sp³-hybridized carbons (Fsp3) is 0.353. The van der Waals surface area contributed by atoms with E-state index in [1.807, 2.05) is 13.0 Å². The van der Waals surface area contributed by atoms with Crippen LogP contribution < -0.4 is 4.74 Å². The van der Waals surface area contributed by atoms with Crippen LogP contribution in [0.2, 0.25) is 0 Å². The maximum Gasteiger partial charge on any atom is 0.157 e. The van der Waals surface area contributed by atoms with E-state index in [0.29, 0.717) is 41.5 Å². The monoisotopic (exact) mass is 718 g/mol. The third-order valence-corrected chi connectivity index (χ3v) is 10.3. The number of rotatable bonds is 11. The first-order valence-corrected chi connectivity index (χ1v) is 16.4. The van der Waals surface area contributed by atoms with Gasteiger partial charge < -0.3 is 40.5 Å². The van der Waals surface area contributed by atoms with Gasteiger partial charge in [-0.2, -0.15) is 0 Å². The van der Waals surface area contributed by atoms with Gasteiger partial charge in [0.05, 0.1) is 18.8 Å². The molecule has 0 amide bonds. The topological polar surface area (TPSA) is 168 Å². The number of methoxy groups -OCH3 is 1. The number of hydrogen-bond acceptors (Lipinski definition) is 9.